The van der Waals surface area contributed by atoms with Crippen molar-refractivity contribution < 1.29 is 38.2 Å². The van der Waals surface area contributed by atoms with Crippen LogP contribution in [0.5, 0.6) is 0 Å². The number of carbonyl (C=O) groups is 3. The van der Waals surface area contributed by atoms with Crippen molar-refractivity contribution in [1.82, 2.24) is 0 Å². The van der Waals surface area contributed by atoms with E-state index in [0.29, 0.717) is 30.7 Å². The van der Waals surface area contributed by atoms with E-state index < -0.39 is 0 Å². The molecule has 0 aromatic rings. The number of ketones is 2. The first-order valence-electron chi connectivity index (χ1n) is 26.3. The molecule has 0 aliphatic carbocycles. The number of ether oxygens (including phenoxy) is 3. The second kappa shape index (κ2) is 45.7. The highest BCUT2D eigenvalue weighted by molar-refractivity contribution is 5.86. The summed E-state index contributed by atoms with van der Waals surface area (Å²) in [6.07, 6.45) is 47.2. The summed E-state index contributed by atoms with van der Waals surface area (Å²) in [5, 5.41) is 8.93. The van der Waals surface area contributed by atoms with Crippen LogP contribution in [0.25, 0.3) is 0 Å². The first-order chi connectivity index (χ1) is 30.2. The van der Waals surface area contributed by atoms with Gasteiger partial charge in [0, 0.05) is 51.9 Å². The first kappa shape index (κ1) is 60.1. The molecule has 0 spiro atoms. The van der Waals surface area contributed by atoms with E-state index >= 15 is 0 Å². The molecule has 8 nitrogen and oxygen atoms in total. The van der Waals surface area contributed by atoms with E-state index in [1.54, 1.807) is 0 Å². The third-order valence-corrected chi connectivity index (χ3v) is 12.2. The lowest BCUT2D eigenvalue weighted by Crippen LogP contribution is -2.57. The zero-order chi connectivity index (χ0) is 45.6. The minimum atomic E-state index is -0.381. The second-order valence-corrected chi connectivity index (χ2v) is 18.7. The minimum absolute atomic E-state index is 0.0153. The van der Waals surface area contributed by atoms with E-state index in [4.69, 9.17) is 19.3 Å². The van der Waals surface area contributed by atoms with Crippen LogP contribution < -0.4 is 0 Å². The van der Waals surface area contributed by atoms with Gasteiger partial charge in [0.1, 0.15) is 24.2 Å². The summed E-state index contributed by atoms with van der Waals surface area (Å²) >= 11 is 0. The zero-order valence-electron chi connectivity index (χ0n) is 41.6. The summed E-state index contributed by atoms with van der Waals surface area (Å²) in [6, 6.07) is -0.381. The monoisotopic (exact) mass is 877 g/mol. The number of hydrogen-bond donors (Lipinski definition) is 1. The number of nitrogens with zero attached hydrogens (tertiary/aromatic N) is 1. The summed E-state index contributed by atoms with van der Waals surface area (Å²) in [7, 11) is 4.15. The summed E-state index contributed by atoms with van der Waals surface area (Å²) in [5.41, 5.74) is 0. The van der Waals surface area contributed by atoms with Crippen molar-refractivity contribution in [1.29, 1.82) is 0 Å². The van der Waals surface area contributed by atoms with Gasteiger partial charge in [-0.25, -0.2) is 4.79 Å². The van der Waals surface area contributed by atoms with Gasteiger partial charge in [0.05, 0.1) is 27.3 Å². The first-order valence-corrected chi connectivity index (χ1v) is 26.3. The molecule has 0 rings (SSSR count). The van der Waals surface area contributed by atoms with Crippen LogP contribution in [0.3, 0.4) is 0 Å². The number of hydrogen-bond acceptors (Lipinski definition) is 7. The van der Waals surface area contributed by atoms with Gasteiger partial charge in [0.2, 0.25) is 0 Å². The standard InChI is InChI=1S/C54H102NO7/c1-6-9-11-13-15-17-19-21-23-25-27-29-31-33-35-37-45-60-49-52(61-46-38-36-34-32-30-28-26-24-22-20-18-16-14-12-10-7-2)48-55(4,5)53(39-8-3)54(59)62-47-43-51(58)41-40-50(57)42-44-56/h21-24,52-53,56H,6-20,25-49H2,1-5H3/q+1/b23-21+,24-22+. The number of Topliss-reactive ketones (excluding diaryl/α,β-unsaturated/α-hetero) is 2. The van der Waals surface area contributed by atoms with Crippen molar-refractivity contribution in [2.45, 2.75) is 251 Å². The molecule has 2 atom stereocenters. The van der Waals surface area contributed by atoms with E-state index in [0.717, 1.165) is 32.3 Å². The van der Waals surface area contributed by atoms with Gasteiger partial charge in [-0.3, -0.25) is 9.59 Å². The fourth-order valence-corrected chi connectivity index (χ4v) is 8.11. The number of aliphatic hydroxyl groups excluding tert-OH is 1. The predicted octanol–water partition coefficient (Wildman–Crippen LogP) is 13.9. The Morgan fingerprint density at radius 3 is 1.37 bits per heavy atom. The summed E-state index contributed by atoms with van der Waals surface area (Å²) in [6.45, 7) is 8.99. The molecule has 2 unspecified atom stereocenters. The van der Waals surface area contributed by atoms with Crippen LogP contribution in [-0.2, 0) is 28.6 Å². The largest absolute Gasteiger partial charge is 0.461 e. The van der Waals surface area contributed by atoms with Crippen LogP contribution in [0.15, 0.2) is 24.3 Å². The molecule has 0 fully saturated rings. The van der Waals surface area contributed by atoms with Crippen molar-refractivity contribution in [2.75, 3.05) is 53.7 Å². The molecule has 364 valence electrons. The highest BCUT2D eigenvalue weighted by Gasteiger charge is 2.38. The molecular formula is C54H102NO7+. The Morgan fingerprint density at radius 2 is 0.919 bits per heavy atom. The number of esters is 1. The third kappa shape index (κ3) is 39.7. The highest BCUT2D eigenvalue weighted by atomic mass is 16.5. The average molecular weight is 877 g/mol. The Bertz CT molecular complexity index is 1070. The second-order valence-electron chi connectivity index (χ2n) is 18.7. The van der Waals surface area contributed by atoms with Crippen molar-refractivity contribution >= 4 is 17.5 Å². The predicted molar refractivity (Wildman–Crippen MR) is 262 cm³/mol. The fourth-order valence-electron chi connectivity index (χ4n) is 8.11. The Balaban J connectivity index is 4.76. The topological polar surface area (TPSA) is 99.1 Å². The number of carbonyl (C=O) groups excluding carboxylic acids is 3. The Kier molecular flexibility index (Phi) is 44.3. The lowest BCUT2D eigenvalue weighted by molar-refractivity contribution is -0.910. The number of likely N-dealkylation sites (N-methyl/N-ethyl adjacent to an activating group) is 1. The molecule has 0 amide bonds. The molecule has 0 saturated heterocycles. The highest BCUT2D eigenvalue weighted by Crippen LogP contribution is 2.19. The summed E-state index contributed by atoms with van der Waals surface area (Å²) in [5.74, 6) is -0.530. The lowest BCUT2D eigenvalue weighted by Gasteiger charge is -2.38. The van der Waals surface area contributed by atoms with Gasteiger partial charge >= 0.3 is 5.97 Å². The molecule has 8 heteroatoms. The summed E-state index contributed by atoms with van der Waals surface area (Å²) in [4.78, 5) is 37.5. The van der Waals surface area contributed by atoms with Gasteiger partial charge < -0.3 is 23.8 Å². The van der Waals surface area contributed by atoms with Gasteiger partial charge in [0.25, 0.3) is 0 Å². The van der Waals surface area contributed by atoms with Gasteiger partial charge in [-0.05, 0) is 70.6 Å². The maximum Gasteiger partial charge on any atom is 0.364 e. The van der Waals surface area contributed by atoms with Crippen LogP contribution >= 0.6 is 0 Å². The quantitative estimate of drug-likeness (QED) is 0.0281. The Hall–Kier alpha value is -1.87. The molecule has 0 heterocycles. The molecule has 0 radical (unpaired) electrons. The number of aliphatic hydroxyl groups is 1. The van der Waals surface area contributed by atoms with Crippen molar-refractivity contribution in [3.05, 3.63) is 24.3 Å². The van der Waals surface area contributed by atoms with Gasteiger partial charge in [0.15, 0.2) is 6.04 Å². The van der Waals surface area contributed by atoms with Crippen LogP contribution in [-0.4, -0.2) is 92.9 Å². The van der Waals surface area contributed by atoms with Crippen molar-refractivity contribution in [3.63, 3.8) is 0 Å². The molecular weight excluding hydrogens is 775 g/mol. The molecule has 0 aliphatic heterocycles. The number of rotatable bonds is 49. The zero-order valence-corrected chi connectivity index (χ0v) is 41.6. The minimum Gasteiger partial charge on any atom is -0.461 e. The average Bonchev–Trinajstić information content (AvgIpc) is 3.25. The SMILES string of the molecule is CCCCCCCC/C=C/CCCCCCCCOCC(C[N+](C)(C)C(CCC)C(=O)OCCC(=O)CCC(=O)CCO)OCCCCCCCC/C=C/CCCCCCCC. The lowest BCUT2D eigenvalue weighted by atomic mass is 10.1. The van der Waals surface area contributed by atoms with Gasteiger partial charge in [-0.2, -0.15) is 0 Å². The Labute approximate surface area is 383 Å². The van der Waals surface area contributed by atoms with Gasteiger partial charge in [-0.1, -0.05) is 161 Å². The molecule has 1 N–H and O–H groups in total. The maximum atomic E-state index is 13.4. The van der Waals surface area contributed by atoms with Crippen LogP contribution in [0, 0.1) is 0 Å². The number of allylic oxidation sites excluding steroid dienone is 4. The van der Waals surface area contributed by atoms with E-state index in [2.05, 4.69) is 59.2 Å². The van der Waals surface area contributed by atoms with Crippen molar-refractivity contribution in [3.8, 4) is 0 Å². The third-order valence-electron chi connectivity index (χ3n) is 12.2. The fraction of sp³-hybridized carbons (Fsp3) is 0.870. The normalized spacial score (nSPS) is 13.1. The number of quaternary nitrogens is 1. The van der Waals surface area contributed by atoms with E-state index in [-0.39, 0.29) is 68.6 Å². The summed E-state index contributed by atoms with van der Waals surface area (Å²) < 4.78 is 18.9. The maximum absolute atomic E-state index is 13.4. The van der Waals surface area contributed by atoms with Crippen LogP contribution in [0.2, 0.25) is 0 Å². The molecule has 62 heavy (non-hydrogen) atoms. The molecule has 0 bridgehead atoms. The van der Waals surface area contributed by atoms with E-state index in [1.165, 1.54) is 161 Å². The van der Waals surface area contributed by atoms with Crippen LogP contribution in [0.1, 0.15) is 239 Å². The Morgan fingerprint density at radius 1 is 0.500 bits per heavy atom. The van der Waals surface area contributed by atoms with E-state index in [1.807, 2.05) is 0 Å². The molecule has 0 aromatic carbocycles. The molecule has 0 aliphatic rings. The van der Waals surface area contributed by atoms with E-state index in [9.17, 15) is 14.4 Å². The molecule has 0 aromatic heterocycles. The van der Waals surface area contributed by atoms with Crippen LogP contribution in [0.4, 0.5) is 0 Å². The number of unbranched alkanes of at least 4 members (excludes halogenated alkanes) is 24. The smallest absolute Gasteiger partial charge is 0.364 e. The van der Waals surface area contributed by atoms with Gasteiger partial charge in [-0.15, -0.1) is 0 Å². The molecule has 0 saturated carbocycles. The van der Waals surface area contributed by atoms with Crippen molar-refractivity contribution in [2.24, 2.45) is 0 Å².